The summed E-state index contributed by atoms with van der Waals surface area (Å²) in [5, 5.41) is 0. The number of hydrogen-bond acceptors (Lipinski definition) is 3. The second-order valence-electron chi connectivity index (χ2n) is 4.63. The van der Waals surface area contributed by atoms with Crippen LogP contribution in [0.15, 0.2) is 0 Å². The van der Waals surface area contributed by atoms with Gasteiger partial charge in [0, 0.05) is 32.3 Å². The van der Waals surface area contributed by atoms with Crippen LogP contribution in [0.5, 0.6) is 0 Å². The lowest BCUT2D eigenvalue weighted by Gasteiger charge is -2.31. The van der Waals surface area contributed by atoms with Gasteiger partial charge in [0.1, 0.15) is 0 Å². The summed E-state index contributed by atoms with van der Waals surface area (Å²) in [6, 6.07) is 0.810. The van der Waals surface area contributed by atoms with Gasteiger partial charge in [-0.3, -0.25) is 4.90 Å². The van der Waals surface area contributed by atoms with Crippen molar-refractivity contribution >= 4 is 0 Å². The van der Waals surface area contributed by atoms with Crippen molar-refractivity contribution in [2.24, 2.45) is 11.7 Å². The highest BCUT2D eigenvalue weighted by Crippen LogP contribution is 2.08. The lowest BCUT2D eigenvalue weighted by atomic mass is 9.99. The van der Waals surface area contributed by atoms with Gasteiger partial charge in [0.15, 0.2) is 0 Å². The van der Waals surface area contributed by atoms with Crippen LogP contribution in [0, 0.1) is 5.92 Å². The molecule has 2 unspecified atom stereocenters. The van der Waals surface area contributed by atoms with Crippen LogP contribution in [-0.2, 0) is 4.74 Å². The van der Waals surface area contributed by atoms with E-state index >= 15 is 0 Å². The van der Waals surface area contributed by atoms with Crippen molar-refractivity contribution in [3.63, 3.8) is 0 Å². The van der Waals surface area contributed by atoms with Gasteiger partial charge >= 0.3 is 0 Å². The summed E-state index contributed by atoms with van der Waals surface area (Å²) >= 11 is 0. The Balaban J connectivity index is 4.03. The predicted octanol–water partition coefficient (Wildman–Crippen LogP) is 1.72. The van der Waals surface area contributed by atoms with Crippen molar-refractivity contribution in [1.82, 2.24) is 4.90 Å². The molecule has 0 saturated heterocycles. The van der Waals surface area contributed by atoms with E-state index in [1.807, 2.05) is 0 Å². The van der Waals surface area contributed by atoms with E-state index in [2.05, 4.69) is 32.6 Å². The normalized spacial score (nSPS) is 16.0. The highest BCUT2D eigenvalue weighted by Gasteiger charge is 2.17. The zero-order valence-electron chi connectivity index (χ0n) is 11.0. The van der Waals surface area contributed by atoms with Crippen LogP contribution in [0.4, 0.5) is 0 Å². The van der Waals surface area contributed by atoms with Crippen molar-refractivity contribution < 1.29 is 4.74 Å². The third kappa shape index (κ3) is 6.13. The van der Waals surface area contributed by atoms with Crippen LogP contribution < -0.4 is 5.73 Å². The van der Waals surface area contributed by atoms with Crippen molar-refractivity contribution in [1.29, 1.82) is 0 Å². The van der Waals surface area contributed by atoms with Gasteiger partial charge in [-0.05, 0) is 19.8 Å². The molecule has 0 aliphatic carbocycles. The maximum Gasteiger partial charge on any atom is 0.0589 e. The van der Waals surface area contributed by atoms with E-state index in [0.717, 1.165) is 26.1 Å². The predicted molar refractivity (Wildman–Crippen MR) is 66.0 cm³/mol. The van der Waals surface area contributed by atoms with Crippen molar-refractivity contribution in [3.05, 3.63) is 0 Å². The lowest BCUT2D eigenvalue weighted by Crippen LogP contribution is -2.45. The first kappa shape index (κ1) is 14.9. The Labute approximate surface area is 95.0 Å². The highest BCUT2D eigenvalue weighted by molar-refractivity contribution is 4.75. The first-order valence-corrected chi connectivity index (χ1v) is 6.01. The molecule has 0 saturated carbocycles. The molecular weight excluding hydrogens is 188 g/mol. The van der Waals surface area contributed by atoms with E-state index in [4.69, 9.17) is 10.5 Å². The van der Waals surface area contributed by atoms with Gasteiger partial charge < -0.3 is 10.5 Å². The Kier molecular flexibility index (Phi) is 8.02. The fraction of sp³-hybridized carbons (Fsp3) is 1.00. The standard InChI is InChI=1S/C12H28N2O/c1-6-11(4)12(13)9-14(10(2)3)7-8-15-5/h10-12H,6-9,13H2,1-5H3. The molecule has 0 fully saturated rings. The Morgan fingerprint density at radius 2 is 1.87 bits per heavy atom. The molecule has 0 aromatic carbocycles. The van der Waals surface area contributed by atoms with E-state index in [1.54, 1.807) is 7.11 Å². The minimum atomic E-state index is 0.272. The van der Waals surface area contributed by atoms with Crippen LogP contribution in [0.25, 0.3) is 0 Å². The SMILES string of the molecule is CCC(C)C(N)CN(CCOC)C(C)C. The molecule has 0 heterocycles. The van der Waals surface area contributed by atoms with Gasteiger partial charge in [-0.1, -0.05) is 20.3 Å². The Hall–Kier alpha value is -0.120. The van der Waals surface area contributed by atoms with E-state index in [1.165, 1.54) is 0 Å². The van der Waals surface area contributed by atoms with Crippen molar-refractivity contribution in [3.8, 4) is 0 Å². The first-order valence-electron chi connectivity index (χ1n) is 6.01. The first-order chi connectivity index (χ1) is 7.02. The molecule has 3 heteroatoms. The second-order valence-corrected chi connectivity index (χ2v) is 4.63. The zero-order chi connectivity index (χ0) is 11.8. The van der Waals surface area contributed by atoms with Gasteiger partial charge in [-0.15, -0.1) is 0 Å². The summed E-state index contributed by atoms with van der Waals surface area (Å²) < 4.78 is 5.11. The molecule has 2 atom stereocenters. The van der Waals surface area contributed by atoms with E-state index in [0.29, 0.717) is 12.0 Å². The highest BCUT2D eigenvalue weighted by atomic mass is 16.5. The van der Waals surface area contributed by atoms with Crippen LogP contribution in [-0.4, -0.2) is 43.8 Å². The Morgan fingerprint density at radius 1 is 1.27 bits per heavy atom. The summed E-state index contributed by atoms with van der Waals surface area (Å²) in [5.41, 5.74) is 6.16. The topological polar surface area (TPSA) is 38.5 Å². The third-order valence-corrected chi connectivity index (χ3v) is 3.13. The van der Waals surface area contributed by atoms with Gasteiger partial charge in [-0.2, -0.15) is 0 Å². The van der Waals surface area contributed by atoms with Crippen LogP contribution >= 0.6 is 0 Å². The average molecular weight is 216 g/mol. The van der Waals surface area contributed by atoms with Gasteiger partial charge in [0.25, 0.3) is 0 Å². The quantitative estimate of drug-likeness (QED) is 0.671. The summed E-state index contributed by atoms with van der Waals surface area (Å²) in [6.45, 7) is 11.6. The zero-order valence-corrected chi connectivity index (χ0v) is 11.0. The number of nitrogens with zero attached hydrogens (tertiary/aromatic N) is 1. The van der Waals surface area contributed by atoms with Gasteiger partial charge in [0.05, 0.1) is 6.61 Å². The van der Waals surface area contributed by atoms with Crippen LogP contribution in [0.2, 0.25) is 0 Å². The van der Waals surface area contributed by atoms with Crippen molar-refractivity contribution in [2.45, 2.75) is 46.2 Å². The molecule has 3 nitrogen and oxygen atoms in total. The molecule has 0 amide bonds. The van der Waals surface area contributed by atoms with Crippen molar-refractivity contribution in [2.75, 3.05) is 26.8 Å². The maximum atomic E-state index is 6.16. The molecule has 0 bridgehead atoms. The van der Waals surface area contributed by atoms with Crippen LogP contribution in [0.3, 0.4) is 0 Å². The molecule has 0 rings (SSSR count). The molecule has 0 radical (unpaired) electrons. The molecular formula is C12H28N2O. The largest absolute Gasteiger partial charge is 0.383 e. The third-order valence-electron chi connectivity index (χ3n) is 3.13. The van der Waals surface area contributed by atoms with Gasteiger partial charge in [0.2, 0.25) is 0 Å². The second kappa shape index (κ2) is 8.08. The lowest BCUT2D eigenvalue weighted by molar-refractivity contribution is 0.119. The average Bonchev–Trinajstić information content (AvgIpc) is 2.22. The molecule has 0 aliphatic heterocycles. The fourth-order valence-electron chi connectivity index (χ4n) is 1.52. The van der Waals surface area contributed by atoms with Gasteiger partial charge in [-0.25, -0.2) is 0 Å². The summed E-state index contributed by atoms with van der Waals surface area (Å²) in [4.78, 5) is 2.39. The Morgan fingerprint density at radius 3 is 2.27 bits per heavy atom. The number of rotatable bonds is 8. The van der Waals surface area contributed by atoms with E-state index in [9.17, 15) is 0 Å². The molecule has 0 aromatic rings. The summed E-state index contributed by atoms with van der Waals surface area (Å²) in [6.07, 6.45) is 1.15. The number of nitrogens with two attached hydrogens (primary N) is 1. The fourth-order valence-corrected chi connectivity index (χ4v) is 1.52. The molecule has 2 N–H and O–H groups in total. The summed E-state index contributed by atoms with van der Waals surface area (Å²) in [5.74, 6) is 0.591. The molecule has 0 aliphatic rings. The Bertz CT molecular complexity index is 151. The minimum Gasteiger partial charge on any atom is -0.383 e. The molecule has 0 spiro atoms. The number of hydrogen-bond donors (Lipinski definition) is 1. The minimum absolute atomic E-state index is 0.272. The van der Waals surface area contributed by atoms with Crippen LogP contribution in [0.1, 0.15) is 34.1 Å². The maximum absolute atomic E-state index is 6.16. The van der Waals surface area contributed by atoms with E-state index in [-0.39, 0.29) is 6.04 Å². The monoisotopic (exact) mass is 216 g/mol. The molecule has 92 valence electrons. The summed E-state index contributed by atoms with van der Waals surface area (Å²) in [7, 11) is 1.74. The number of ether oxygens (including phenoxy) is 1. The molecule has 0 aromatic heterocycles. The smallest absolute Gasteiger partial charge is 0.0589 e. The van der Waals surface area contributed by atoms with E-state index < -0.39 is 0 Å². The number of methoxy groups -OCH3 is 1. The molecule has 15 heavy (non-hydrogen) atoms.